The standard InChI is InChI=1S/C22H18N4OS3/c1-15-6-5-9-19(23-15)24-20(27)17-10-12-18(13-11-17)26-22(28)30-21(25-26)29-14-16-7-3-2-4-8-16/h2-13H,14H2,1H3,(H,23,24,27). The molecule has 0 aliphatic heterocycles. The van der Waals surface area contributed by atoms with E-state index in [0.29, 0.717) is 15.3 Å². The molecule has 0 saturated heterocycles. The van der Waals surface area contributed by atoms with Crippen molar-refractivity contribution in [1.29, 1.82) is 0 Å². The fourth-order valence-corrected chi connectivity index (χ4v) is 5.07. The Morgan fingerprint density at radius 2 is 1.83 bits per heavy atom. The Morgan fingerprint density at radius 3 is 2.57 bits per heavy atom. The van der Waals surface area contributed by atoms with Crippen LogP contribution in [0.1, 0.15) is 21.6 Å². The number of nitrogens with one attached hydrogen (secondary N) is 1. The number of thioether (sulfide) groups is 1. The Kier molecular flexibility index (Phi) is 6.37. The molecule has 0 aliphatic carbocycles. The molecule has 0 radical (unpaired) electrons. The molecule has 8 heteroatoms. The van der Waals surface area contributed by atoms with E-state index >= 15 is 0 Å². The Morgan fingerprint density at radius 1 is 1.07 bits per heavy atom. The number of pyridine rings is 1. The highest BCUT2D eigenvalue weighted by atomic mass is 32.2. The molecule has 0 saturated carbocycles. The van der Waals surface area contributed by atoms with Crippen LogP contribution in [-0.4, -0.2) is 20.7 Å². The zero-order valence-electron chi connectivity index (χ0n) is 16.1. The van der Waals surface area contributed by atoms with Gasteiger partial charge in [0.1, 0.15) is 5.82 Å². The molecule has 0 spiro atoms. The van der Waals surface area contributed by atoms with Gasteiger partial charge in [-0.1, -0.05) is 59.5 Å². The number of aryl methyl sites for hydroxylation is 1. The molecule has 2 aromatic heterocycles. The Bertz CT molecular complexity index is 1220. The zero-order valence-corrected chi connectivity index (χ0v) is 18.6. The second-order valence-corrected chi connectivity index (χ2v) is 9.33. The SMILES string of the molecule is Cc1cccc(NC(=O)c2ccc(-n3nc(SCc4ccccc4)sc3=S)cc2)n1. The summed E-state index contributed by atoms with van der Waals surface area (Å²) < 4.78 is 3.32. The second kappa shape index (κ2) is 9.34. The van der Waals surface area contributed by atoms with Gasteiger partial charge in [0.15, 0.2) is 8.29 Å². The summed E-state index contributed by atoms with van der Waals surface area (Å²) in [6, 6.07) is 23.0. The third kappa shape index (κ3) is 5.02. The van der Waals surface area contributed by atoms with E-state index in [2.05, 4.69) is 27.5 Å². The van der Waals surface area contributed by atoms with Gasteiger partial charge in [0.25, 0.3) is 5.91 Å². The fourth-order valence-electron chi connectivity index (χ4n) is 2.76. The lowest BCUT2D eigenvalue weighted by molar-refractivity contribution is 0.102. The van der Waals surface area contributed by atoms with E-state index in [1.807, 2.05) is 49.4 Å². The van der Waals surface area contributed by atoms with Crippen LogP contribution in [0.25, 0.3) is 5.69 Å². The summed E-state index contributed by atoms with van der Waals surface area (Å²) in [4.78, 5) is 16.8. The number of hydrogen-bond donors (Lipinski definition) is 1. The number of anilines is 1. The van der Waals surface area contributed by atoms with Gasteiger partial charge in [-0.05, 0) is 61.1 Å². The summed E-state index contributed by atoms with van der Waals surface area (Å²) in [5, 5.41) is 7.44. The molecule has 1 N–H and O–H groups in total. The van der Waals surface area contributed by atoms with Crippen molar-refractivity contribution in [1.82, 2.24) is 14.8 Å². The third-order valence-electron chi connectivity index (χ3n) is 4.24. The van der Waals surface area contributed by atoms with Gasteiger partial charge in [0, 0.05) is 17.0 Å². The molecule has 5 nitrogen and oxygen atoms in total. The van der Waals surface area contributed by atoms with Crippen molar-refractivity contribution in [2.45, 2.75) is 17.0 Å². The van der Waals surface area contributed by atoms with Crippen LogP contribution < -0.4 is 5.32 Å². The van der Waals surface area contributed by atoms with Gasteiger partial charge in [-0.15, -0.1) is 5.10 Å². The number of rotatable bonds is 6. The maximum Gasteiger partial charge on any atom is 0.256 e. The maximum absolute atomic E-state index is 12.5. The molecule has 0 aliphatic rings. The van der Waals surface area contributed by atoms with Crippen LogP contribution in [0, 0.1) is 10.9 Å². The summed E-state index contributed by atoms with van der Waals surface area (Å²) in [5.41, 5.74) is 3.46. The first-order chi connectivity index (χ1) is 14.6. The minimum Gasteiger partial charge on any atom is -0.307 e. The van der Waals surface area contributed by atoms with E-state index in [1.54, 1.807) is 34.6 Å². The average molecular weight is 451 g/mol. The van der Waals surface area contributed by atoms with E-state index in [9.17, 15) is 4.79 Å². The number of carbonyl (C=O) groups is 1. The lowest BCUT2D eigenvalue weighted by Gasteiger charge is -2.06. The van der Waals surface area contributed by atoms with E-state index in [-0.39, 0.29) is 5.91 Å². The molecular weight excluding hydrogens is 432 g/mol. The second-order valence-electron chi connectivity index (χ2n) is 6.49. The third-order valence-corrected chi connectivity index (χ3v) is 6.67. The minimum absolute atomic E-state index is 0.208. The first-order valence-electron chi connectivity index (χ1n) is 9.21. The number of nitrogens with zero attached hydrogens (tertiary/aromatic N) is 3. The highest BCUT2D eigenvalue weighted by Crippen LogP contribution is 2.27. The topological polar surface area (TPSA) is 59.8 Å². The normalized spacial score (nSPS) is 10.7. The van der Waals surface area contributed by atoms with Gasteiger partial charge in [-0.2, -0.15) is 0 Å². The summed E-state index contributed by atoms with van der Waals surface area (Å²) >= 11 is 8.63. The van der Waals surface area contributed by atoms with Crippen molar-refractivity contribution in [2.75, 3.05) is 5.32 Å². The van der Waals surface area contributed by atoms with Gasteiger partial charge in [-0.3, -0.25) is 4.79 Å². The predicted molar refractivity (Wildman–Crippen MR) is 125 cm³/mol. The highest BCUT2D eigenvalue weighted by Gasteiger charge is 2.10. The summed E-state index contributed by atoms with van der Waals surface area (Å²) in [6.07, 6.45) is 0. The molecule has 4 rings (SSSR count). The van der Waals surface area contributed by atoms with Crippen LogP contribution in [0.15, 0.2) is 77.1 Å². The molecule has 1 amide bonds. The van der Waals surface area contributed by atoms with E-state index < -0.39 is 0 Å². The van der Waals surface area contributed by atoms with Gasteiger partial charge >= 0.3 is 0 Å². The molecule has 0 unspecified atom stereocenters. The molecule has 4 aromatic rings. The summed E-state index contributed by atoms with van der Waals surface area (Å²) in [6.45, 7) is 1.88. The van der Waals surface area contributed by atoms with E-state index in [1.165, 1.54) is 16.9 Å². The van der Waals surface area contributed by atoms with Gasteiger partial charge in [0.05, 0.1) is 5.69 Å². The molecule has 2 aromatic carbocycles. The van der Waals surface area contributed by atoms with E-state index in [4.69, 9.17) is 12.2 Å². The number of amides is 1. The van der Waals surface area contributed by atoms with Crippen molar-refractivity contribution in [3.63, 3.8) is 0 Å². The highest BCUT2D eigenvalue weighted by molar-refractivity contribution is 8.00. The van der Waals surface area contributed by atoms with Crippen molar-refractivity contribution < 1.29 is 4.79 Å². The first-order valence-corrected chi connectivity index (χ1v) is 11.4. The number of benzene rings is 2. The van der Waals surface area contributed by atoms with Crippen molar-refractivity contribution in [3.8, 4) is 5.69 Å². The van der Waals surface area contributed by atoms with Crippen molar-refractivity contribution in [3.05, 3.63) is 93.6 Å². The number of aromatic nitrogens is 3. The van der Waals surface area contributed by atoms with Gasteiger partial charge in [0.2, 0.25) is 0 Å². The van der Waals surface area contributed by atoms with Crippen LogP contribution in [0.4, 0.5) is 5.82 Å². The Balaban J connectivity index is 1.45. The van der Waals surface area contributed by atoms with Gasteiger partial charge in [-0.25, -0.2) is 9.67 Å². The van der Waals surface area contributed by atoms with Crippen molar-refractivity contribution in [2.24, 2.45) is 0 Å². The van der Waals surface area contributed by atoms with Crippen LogP contribution in [0.3, 0.4) is 0 Å². The fraction of sp³-hybridized carbons (Fsp3) is 0.0909. The lowest BCUT2D eigenvalue weighted by Crippen LogP contribution is -2.13. The lowest BCUT2D eigenvalue weighted by atomic mass is 10.2. The van der Waals surface area contributed by atoms with Crippen LogP contribution >= 0.6 is 35.3 Å². The summed E-state index contributed by atoms with van der Waals surface area (Å²) in [5.74, 6) is 1.17. The molecule has 30 heavy (non-hydrogen) atoms. The minimum atomic E-state index is -0.208. The molecule has 0 bridgehead atoms. The molecule has 2 heterocycles. The summed E-state index contributed by atoms with van der Waals surface area (Å²) in [7, 11) is 0. The molecule has 0 atom stereocenters. The maximum atomic E-state index is 12.5. The Hall–Kier alpha value is -2.81. The molecule has 150 valence electrons. The number of hydrogen-bond acceptors (Lipinski definition) is 6. The average Bonchev–Trinajstić information content (AvgIpc) is 3.13. The Labute approximate surface area is 187 Å². The quantitative estimate of drug-likeness (QED) is 0.292. The molecular formula is C22H18N4OS3. The van der Waals surface area contributed by atoms with Gasteiger partial charge < -0.3 is 5.32 Å². The largest absolute Gasteiger partial charge is 0.307 e. The monoisotopic (exact) mass is 450 g/mol. The van der Waals surface area contributed by atoms with Crippen LogP contribution in [0.5, 0.6) is 0 Å². The first kappa shape index (κ1) is 20.5. The predicted octanol–water partition coefficient (Wildman–Crippen LogP) is 5.91. The smallest absolute Gasteiger partial charge is 0.256 e. The van der Waals surface area contributed by atoms with E-state index in [0.717, 1.165) is 21.5 Å². The zero-order chi connectivity index (χ0) is 20.9. The van der Waals surface area contributed by atoms with Crippen LogP contribution in [-0.2, 0) is 5.75 Å². The van der Waals surface area contributed by atoms with Crippen LogP contribution in [0.2, 0.25) is 0 Å². The molecule has 0 fully saturated rings. The number of carbonyl (C=O) groups excluding carboxylic acids is 1. The van der Waals surface area contributed by atoms with Crippen molar-refractivity contribution >= 4 is 47.0 Å².